The number of nitrogens with one attached hydrogen (secondary N) is 4. The van der Waals surface area contributed by atoms with Crippen LogP contribution in [-0.4, -0.2) is 119 Å². The Balaban J connectivity index is 0.0000115. The number of rotatable bonds is 20. The van der Waals surface area contributed by atoms with Crippen LogP contribution in [0.25, 0.3) is 0 Å². The van der Waals surface area contributed by atoms with Crippen molar-refractivity contribution in [2.45, 2.75) is 59.0 Å². The number of amides is 4. The second kappa shape index (κ2) is 23.7. The predicted molar refractivity (Wildman–Crippen MR) is 178 cm³/mol. The van der Waals surface area contributed by atoms with Gasteiger partial charge in [0.25, 0.3) is 5.91 Å². The number of carbonyl (C=O) groups is 5. The van der Waals surface area contributed by atoms with Crippen molar-refractivity contribution in [3.8, 4) is 0 Å². The Morgan fingerprint density at radius 3 is 2.06 bits per heavy atom. The van der Waals surface area contributed by atoms with Gasteiger partial charge in [-0.1, -0.05) is 26.0 Å². The molecule has 15 nitrogen and oxygen atoms in total. The van der Waals surface area contributed by atoms with Gasteiger partial charge in [0.15, 0.2) is 0 Å². The van der Waals surface area contributed by atoms with E-state index in [4.69, 9.17) is 29.1 Å². The molecule has 0 saturated carbocycles. The van der Waals surface area contributed by atoms with E-state index in [-0.39, 0.29) is 62.0 Å². The molecule has 4 N–H and O–H groups in total. The van der Waals surface area contributed by atoms with Gasteiger partial charge >= 0.3 is 12.1 Å². The van der Waals surface area contributed by atoms with Crippen molar-refractivity contribution in [1.29, 1.82) is 5.41 Å². The number of imide groups is 1. The van der Waals surface area contributed by atoms with E-state index in [0.717, 1.165) is 0 Å². The van der Waals surface area contributed by atoms with E-state index in [1.54, 1.807) is 6.92 Å². The maximum Gasteiger partial charge on any atom is 0.412 e. The highest BCUT2D eigenvalue weighted by Gasteiger charge is 2.38. The van der Waals surface area contributed by atoms with E-state index < -0.39 is 36.0 Å². The van der Waals surface area contributed by atoms with Gasteiger partial charge in [-0.15, -0.1) is 12.4 Å². The molecule has 2 atom stereocenters. The fraction of sp³-hybridized carbons (Fsp3) is 0.625. The second-order valence-electron chi connectivity index (χ2n) is 11.0. The molecule has 1 aliphatic rings. The summed E-state index contributed by atoms with van der Waals surface area (Å²) in [5.41, 5.74) is 0.463. The largest absolute Gasteiger partial charge is 0.465 e. The van der Waals surface area contributed by atoms with E-state index in [9.17, 15) is 24.0 Å². The van der Waals surface area contributed by atoms with Gasteiger partial charge in [-0.25, -0.2) is 4.79 Å². The van der Waals surface area contributed by atoms with Gasteiger partial charge < -0.3 is 28.6 Å². The third-order valence-corrected chi connectivity index (χ3v) is 6.95. The molecule has 16 heteroatoms. The summed E-state index contributed by atoms with van der Waals surface area (Å²) < 4.78 is 25.7. The summed E-state index contributed by atoms with van der Waals surface area (Å²) in [4.78, 5) is 64.7. The minimum atomic E-state index is -0.836. The number of hydrogen-bond donors (Lipinski definition) is 4. The monoisotopic (exact) mass is 699 g/mol. The van der Waals surface area contributed by atoms with Crippen LogP contribution in [0.1, 0.15) is 62.9 Å². The van der Waals surface area contributed by atoms with Crippen molar-refractivity contribution in [1.82, 2.24) is 20.9 Å². The smallest absolute Gasteiger partial charge is 0.412 e. The maximum atomic E-state index is 13.4. The Kier molecular flexibility index (Phi) is 20.9. The number of amidine groups is 1. The summed E-state index contributed by atoms with van der Waals surface area (Å²) in [6.45, 7) is 10.5. The summed E-state index contributed by atoms with van der Waals surface area (Å²) in [6.07, 6.45) is 0.607. The molecule has 1 aromatic carbocycles. The zero-order valence-corrected chi connectivity index (χ0v) is 29.0. The molecule has 1 saturated heterocycles. The molecule has 0 unspecified atom stereocenters. The minimum absolute atomic E-state index is 0. The van der Waals surface area contributed by atoms with E-state index in [0.29, 0.717) is 64.4 Å². The molecule has 4 amide bonds. The average Bonchev–Trinajstić information content (AvgIpc) is 3.54. The first-order chi connectivity index (χ1) is 22.6. The molecule has 2 rings (SSSR count). The third kappa shape index (κ3) is 15.5. The first-order valence-electron chi connectivity index (χ1n) is 16.0. The quantitative estimate of drug-likeness (QED) is 0.0511. The van der Waals surface area contributed by atoms with Crippen LogP contribution in [-0.2, 0) is 38.1 Å². The molecule has 0 aromatic heterocycles. The molecule has 0 spiro atoms. The summed E-state index contributed by atoms with van der Waals surface area (Å²) in [7, 11) is 0. The van der Waals surface area contributed by atoms with Crippen molar-refractivity contribution in [3.63, 3.8) is 0 Å². The van der Waals surface area contributed by atoms with E-state index in [2.05, 4.69) is 16.0 Å². The standard InChI is InChI=1S/C32H49N5O10.ClH/c1-5-43-14-15-44-16-17-45-18-19-47-32(42)35-28(33)23-9-11-24(12-10-23)29(39)36-30(40)26-8-7-13-37(26)31(41)25(20-22(3)4)34-21-27(38)46-6-2;/h9-12,22,25-26,34H,5-8,13-21H2,1-4H3,(H2,33,35,42)(H,36,39,40);1H/t25-,26+;/m1./s1. The molecule has 0 aliphatic carbocycles. The molecule has 1 aromatic rings. The number of alkyl carbamates (subject to hydrolysis) is 1. The van der Waals surface area contributed by atoms with E-state index >= 15 is 0 Å². The van der Waals surface area contributed by atoms with Gasteiger partial charge in [-0.3, -0.25) is 40.5 Å². The SMILES string of the molecule is CCOCCOCCOCCOC(=O)NC(=N)c1ccc(C(=O)NC(=O)[C@@H]2CCCN2C(=O)[C@@H](CC(C)C)NCC(=O)OCC)cc1.Cl. The van der Waals surface area contributed by atoms with Gasteiger partial charge in [0.05, 0.1) is 52.2 Å². The summed E-state index contributed by atoms with van der Waals surface area (Å²) >= 11 is 0. The fourth-order valence-electron chi connectivity index (χ4n) is 4.71. The Bertz CT molecular complexity index is 1180. The van der Waals surface area contributed by atoms with Crippen molar-refractivity contribution in [2.75, 3.05) is 65.9 Å². The number of ether oxygens (including phenoxy) is 5. The van der Waals surface area contributed by atoms with Crippen LogP contribution >= 0.6 is 12.4 Å². The van der Waals surface area contributed by atoms with Crippen LogP contribution in [0, 0.1) is 11.3 Å². The predicted octanol–water partition coefficient (Wildman–Crippen LogP) is 2.04. The number of halogens is 1. The Morgan fingerprint density at radius 2 is 1.46 bits per heavy atom. The highest BCUT2D eigenvalue weighted by molar-refractivity contribution is 6.08. The Labute approximate surface area is 288 Å². The number of nitrogens with zero attached hydrogens (tertiary/aromatic N) is 1. The normalized spacial score (nSPS) is 14.5. The molecule has 1 fully saturated rings. The molecule has 0 bridgehead atoms. The van der Waals surface area contributed by atoms with Crippen molar-refractivity contribution in [3.05, 3.63) is 35.4 Å². The lowest BCUT2D eigenvalue weighted by molar-refractivity contribution is -0.143. The van der Waals surface area contributed by atoms with Crippen LogP contribution < -0.4 is 16.0 Å². The third-order valence-electron chi connectivity index (χ3n) is 6.95. The lowest BCUT2D eigenvalue weighted by atomic mass is 10.0. The lowest BCUT2D eigenvalue weighted by Crippen LogP contribution is -2.54. The van der Waals surface area contributed by atoms with E-state index in [1.165, 1.54) is 29.2 Å². The zero-order chi connectivity index (χ0) is 34.6. The topological polar surface area (TPSA) is 195 Å². The number of carbonyl (C=O) groups excluding carboxylic acids is 5. The van der Waals surface area contributed by atoms with Crippen molar-refractivity contribution < 1.29 is 47.7 Å². The van der Waals surface area contributed by atoms with Crippen LogP contribution in [0.5, 0.6) is 0 Å². The zero-order valence-electron chi connectivity index (χ0n) is 28.2. The molecule has 0 radical (unpaired) electrons. The number of hydrogen-bond acceptors (Lipinski definition) is 12. The van der Waals surface area contributed by atoms with Gasteiger partial charge in [-0.05, 0) is 51.2 Å². The Morgan fingerprint density at radius 1 is 0.854 bits per heavy atom. The molecular formula is C32H50ClN5O10. The molecule has 48 heavy (non-hydrogen) atoms. The highest BCUT2D eigenvalue weighted by Crippen LogP contribution is 2.21. The molecule has 1 aliphatic heterocycles. The Hall–Kier alpha value is -3.63. The lowest BCUT2D eigenvalue weighted by Gasteiger charge is -2.29. The van der Waals surface area contributed by atoms with Crippen molar-refractivity contribution in [2.24, 2.45) is 5.92 Å². The van der Waals surface area contributed by atoms with Gasteiger partial charge in [-0.2, -0.15) is 0 Å². The number of esters is 1. The first kappa shape index (κ1) is 42.4. The number of benzene rings is 1. The summed E-state index contributed by atoms with van der Waals surface area (Å²) in [5, 5.41) is 15.8. The van der Waals surface area contributed by atoms with Crippen molar-refractivity contribution >= 4 is 48.0 Å². The molecule has 270 valence electrons. The summed E-state index contributed by atoms with van der Waals surface area (Å²) in [6, 6.07) is 4.21. The van der Waals surface area contributed by atoms with Crippen LogP contribution in [0.4, 0.5) is 4.79 Å². The maximum absolute atomic E-state index is 13.4. The van der Waals surface area contributed by atoms with Crippen LogP contribution in [0.15, 0.2) is 24.3 Å². The first-order valence-corrected chi connectivity index (χ1v) is 16.0. The highest BCUT2D eigenvalue weighted by atomic mass is 35.5. The number of likely N-dealkylation sites (tertiary alicyclic amines) is 1. The van der Waals surface area contributed by atoms with Crippen LogP contribution in [0.3, 0.4) is 0 Å². The van der Waals surface area contributed by atoms with Crippen LogP contribution in [0.2, 0.25) is 0 Å². The van der Waals surface area contributed by atoms with Gasteiger partial charge in [0.1, 0.15) is 18.5 Å². The second-order valence-corrected chi connectivity index (χ2v) is 11.0. The fourth-order valence-corrected chi connectivity index (χ4v) is 4.71. The van der Waals surface area contributed by atoms with Gasteiger partial charge in [0.2, 0.25) is 11.8 Å². The minimum Gasteiger partial charge on any atom is -0.465 e. The average molecular weight is 700 g/mol. The molecular weight excluding hydrogens is 650 g/mol. The molecule has 1 heterocycles. The van der Waals surface area contributed by atoms with Gasteiger partial charge in [0, 0.05) is 24.3 Å². The van der Waals surface area contributed by atoms with E-state index in [1.807, 2.05) is 20.8 Å². The summed E-state index contributed by atoms with van der Waals surface area (Å²) in [5.74, 6) is -2.15.